The molecule has 3 N–H and O–H groups in total. The second-order valence-electron chi connectivity index (χ2n) is 8.16. The Morgan fingerprint density at radius 1 is 1.18 bits per heavy atom. The standard InChI is InChI=1S/C24H25FN4O4S/c1-15-11-20(28-22(30)19-8-4-10-33-19)34-21(15)23(31)29-9-3-5-16(14-29)13-26-24(32)27-18-7-2-6-17(25)12-18/h2,4,6-8,10-12,16H,3,5,9,13-14H2,1H3,(H,28,30)(H2,26,27,32). The molecule has 1 aliphatic heterocycles. The molecule has 1 unspecified atom stereocenters. The minimum absolute atomic E-state index is 0.0880. The Balaban J connectivity index is 1.31. The Kier molecular flexibility index (Phi) is 7.27. The molecule has 4 amide bonds. The number of aryl methyl sites for hydroxylation is 1. The van der Waals surface area contributed by atoms with E-state index in [9.17, 15) is 18.8 Å². The molecular weight excluding hydrogens is 459 g/mol. The zero-order valence-electron chi connectivity index (χ0n) is 18.6. The number of nitrogens with zero attached hydrogens (tertiary/aromatic N) is 1. The lowest BCUT2D eigenvalue weighted by Gasteiger charge is -2.32. The number of likely N-dealkylation sites (tertiary alicyclic amines) is 1. The van der Waals surface area contributed by atoms with Gasteiger partial charge in [0.2, 0.25) is 0 Å². The van der Waals surface area contributed by atoms with Gasteiger partial charge in [-0.1, -0.05) is 6.07 Å². The van der Waals surface area contributed by atoms with Crippen molar-refractivity contribution in [2.45, 2.75) is 19.8 Å². The molecule has 3 heterocycles. The van der Waals surface area contributed by atoms with Gasteiger partial charge in [-0.3, -0.25) is 9.59 Å². The number of nitrogens with one attached hydrogen (secondary N) is 3. The van der Waals surface area contributed by atoms with Gasteiger partial charge in [-0.2, -0.15) is 0 Å². The highest BCUT2D eigenvalue weighted by Gasteiger charge is 2.27. The van der Waals surface area contributed by atoms with Crippen LogP contribution < -0.4 is 16.0 Å². The van der Waals surface area contributed by atoms with Crippen LogP contribution in [0.15, 0.2) is 53.1 Å². The van der Waals surface area contributed by atoms with E-state index in [1.54, 1.807) is 29.2 Å². The molecule has 3 aromatic rings. The Bertz CT molecular complexity index is 1180. The van der Waals surface area contributed by atoms with Crippen molar-refractivity contribution in [3.8, 4) is 0 Å². The summed E-state index contributed by atoms with van der Waals surface area (Å²) in [6, 6.07) is 10.3. The first-order valence-corrected chi connectivity index (χ1v) is 11.8. The number of amides is 4. The van der Waals surface area contributed by atoms with Crippen LogP contribution in [-0.4, -0.2) is 42.4 Å². The number of carbonyl (C=O) groups is 3. The zero-order chi connectivity index (χ0) is 24.1. The summed E-state index contributed by atoms with van der Waals surface area (Å²) in [5, 5.41) is 8.75. The van der Waals surface area contributed by atoms with E-state index in [0.717, 1.165) is 18.4 Å². The van der Waals surface area contributed by atoms with Crippen LogP contribution in [0.2, 0.25) is 0 Å². The number of halogens is 1. The van der Waals surface area contributed by atoms with Gasteiger partial charge in [0.15, 0.2) is 5.76 Å². The van der Waals surface area contributed by atoms with Crippen LogP contribution in [0.4, 0.5) is 19.9 Å². The van der Waals surface area contributed by atoms with Crippen LogP contribution in [0.25, 0.3) is 0 Å². The number of hydrogen-bond donors (Lipinski definition) is 3. The first-order chi connectivity index (χ1) is 16.4. The first-order valence-electron chi connectivity index (χ1n) is 10.9. The molecule has 1 fully saturated rings. The molecule has 1 aliphatic rings. The number of furan rings is 1. The third kappa shape index (κ3) is 5.82. The quantitative estimate of drug-likeness (QED) is 0.471. The van der Waals surface area contributed by atoms with Crippen LogP contribution in [0.1, 0.15) is 38.6 Å². The summed E-state index contributed by atoms with van der Waals surface area (Å²) in [7, 11) is 0. The monoisotopic (exact) mass is 484 g/mol. The molecule has 1 atom stereocenters. The molecule has 1 aromatic carbocycles. The van der Waals surface area contributed by atoms with Gasteiger partial charge in [-0.15, -0.1) is 11.3 Å². The van der Waals surface area contributed by atoms with Gasteiger partial charge in [0.05, 0.1) is 16.1 Å². The fraction of sp³-hybridized carbons (Fsp3) is 0.292. The molecule has 10 heteroatoms. The molecular formula is C24H25FN4O4S. The first kappa shape index (κ1) is 23.5. The highest BCUT2D eigenvalue weighted by atomic mass is 32.1. The predicted octanol–water partition coefficient (Wildman–Crippen LogP) is 4.71. The maximum absolute atomic E-state index is 13.3. The number of benzene rings is 1. The minimum atomic E-state index is -0.424. The van der Waals surface area contributed by atoms with E-state index in [-0.39, 0.29) is 23.5 Å². The fourth-order valence-corrected chi connectivity index (χ4v) is 4.91. The largest absolute Gasteiger partial charge is 0.459 e. The summed E-state index contributed by atoms with van der Waals surface area (Å²) in [6.07, 6.45) is 3.14. The number of thiophene rings is 1. The summed E-state index contributed by atoms with van der Waals surface area (Å²) in [4.78, 5) is 39.9. The molecule has 4 rings (SSSR count). The van der Waals surface area contributed by atoms with Crippen LogP contribution in [0.5, 0.6) is 0 Å². The van der Waals surface area contributed by atoms with Crippen molar-refractivity contribution in [1.82, 2.24) is 10.2 Å². The highest BCUT2D eigenvalue weighted by molar-refractivity contribution is 7.18. The van der Waals surface area contributed by atoms with Crippen molar-refractivity contribution in [1.29, 1.82) is 0 Å². The minimum Gasteiger partial charge on any atom is -0.459 e. The van der Waals surface area contributed by atoms with Gasteiger partial charge in [0.25, 0.3) is 11.8 Å². The summed E-state index contributed by atoms with van der Waals surface area (Å²) >= 11 is 1.23. The van der Waals surface area contributed by atoms with Crippen molar-refractivity contribution in [2.75, 3.05) is 30.3 Å². The third-order valence-electron chi connectivity index (χ3n) is 5.53. The lowest BCUT2D eigenvalue weighted by molar-refractivity contribution is 0.0679. The molecule has 0 spiro atoms. The average molecular weight is 485 g/mol. The lowest BCUT2D eigenvalue weighted by Crippen LogP contribution is -2.44. The molecule has 0 saturated carbocycles. The van der Waals surface area contributed by atoms with Crippen molar-refractivity contribution < 1.29 is 23.2 Å². The maximum atomic E-state index is 13.3. The summed E-state index contributed by atoms with van der Waals surface area (Å²) in [5.74, 6) is -0.575. The molecule has 0 aliphatic carbocycles. The van der Waals surface area contributed by atoms with Gasteiger partial charge in [0.1, 0.15) is 5.82 Å². The van der Waals surface area contributed by atoms with Gasteiger partial charge in [-0.05, 0) is 67.6 Å². The van der Waals surface area contributed by atoms with Gasteiger partial charge in [-0.25, -0.2) is 9.18 Å². The van der Waals surface area contributed by atoms with E-state index in [2.05, 4.69) is 16.0 Å². The van der Waals surface area contributed by atoms with Gasteiger partial charge < -0.3 is 25.3 Å². The number of anilines is 2. The number of piperidine rings is 1. The van der Waals surface area contributed by atoms with Crippen LogP contribution in [0.3, 0.4) is 0 Å². The Hall–Kier alpha value is -3.66. The van der Waals surface area contributed by atoms with E-state index in [1.807, 2.05) is 6.92 Å². The topological polar surface area (TPSA) is 104 Å². The van der Waals surface area contributed by atoms with Crippen molar-refractivity contribution >= 4 is 39.9 Å². The summed E-state index contributed by atoms with van der Waals surface area (Å²) < 4.78 is 18.4. The number of hydrogen-bond acceptors (Lipinski definition) is 5. The average Bonchev–Trinajstić information content (AvgIpc) is 3.47. The van der Waals surface area contributed by atoms with Crippen LogP contribution in [0, 0.1) is 18.7 Å². The second kappa shape index (κ2) is 10.5. The molecule has 8 nitrogen and oxygen atoms in total. The lowest BCUT2D eigenvalue weighted by atomic mass is 9.97. The third-order valence-corrected chi connectivity index (χ3v) is 6.67. The smallest absolute Gasteiger partial charge is 0.319 e. The molecule has 2 aromatic heterocycles. The number of urea groups is 1. The predicted molar refractivity (Wildman–Crippen MR) is 128 cm³/mol. The van der Waals surface area contributed by atoms with Crippen LogP contribution >= 0.6 is 11.3 Å². The number of carbonyl (C=O) groups excluding carboxylic acids is 3. The van der Waals surface area contributed by atoms with Gasteiger partial charge >= 0.3 is 6.03 Å². The normalized spacial score (nSPS) is 15.6. The SMILES string of the molecule is Cc1cc(NC(=O)c2ccco2)sc1C(=O)N1CCCC(CNC(=O)Nc2cccc(F)c2)C1. The molecule has 178 valence electrons. The Morgan fingerprint density at radius 2 is 2.03 bits per heavy atom. The number of rotatable bonds is 6. The van der Waals surface area contributed by atoms with E-state index in [4.69, 9.17) is 4.42 Å². The molecule has 1 saturated heterocycles. The van der Waals surface area contributed by atoms with Gasteiger partial charge in [0, 0.05) is 25.3 Å². The maximum Gasteiger partial charge on any atom is 0.319 e. The van der Waals surface area contributed by atoms with E-state index in [1.165, 1.54) is 35.8 Å². The van der Waals surface area contributed by atoms with E-state index in [0.29, 0.717) is 35.2 Å². The zero-order valence-corrected chi connectivity index (χ0v) is 19.4. The fourth-order valence-electron chi connectivity index (χ4n) is 3.88. The Morgan fingerprint density at radius 3 is 2.79 bits per heavy atom. The highest BCUT2D eigenvalue weighted by Crippen LogP contribution is 2.29. The molecule has 0 bridgehead atoms. The molecule has 0 radical (unpaired) electrons. The van der Waals surface area contributed by atoms with E-state index < -0.39 is 11.8 Å². The second-order valence-corrected chi connectivity index (χ2v) is 9.21. The summed E-state index contributed by atoms with van der Waals surface area (Å²) in [6.45, 7) is 3.39. The van der Waals surface area contributed by atoms with E-state index >= 15 is 0 Å². The summed E-state index contributed by atoms with van der Waals surface area (Å²) in [5.41, 5.74) is 1.17. The van der Waals surface area contributed by atoms with Crippen molar-refractivity contribution in [3.05, 3.63) is 70.7 Å². The Labute approximate surface area is 200 Å². The van der Waals surface area contributed by atoms with Crippen LogP contribution in [-0.2, 0) is 0 Å². The van der Waals surface area contributed by atoms with Crippen molar-refractivity contribution in [2.24, 2.45) is 5.92 Å². The molecule has 34 heavy (non-hydrogen) atoms. The van der Waals surface area contributed by atoms with Crippen molar-refractivity contribution in [3.63, 3.8) is 0 Å².